The first-order chi connectivity index (χ1) is 18.7. The topological polar surface area (TPSA) is 69.6 Å². The lowest BCUT2D eigenvalue weighted by Crippen LogP contribution is -2.45. The summed E-state index contributed by atoms with van der Waals surface area (Å²) in [6.07, 6.45) is 35.7. The molecule has 38 heavy (non-hydrogen) atoms. The summed E-state index contributed by atoms with van der Waals surface area (Å²) >= 11 is 0. The van der Waals surface area contributed by atoms with Gasteiger partial charge in [-0.2, -0.15) is 0 Å². The minimum Gasteiger partial charge on any atom is -0.394 e. The van der Waals surface area contributed by atoms with Crippen LogP contribution < -0.4 is 5.32 Å². The van der Waals surface area contributed by atoms with Gasteiger partial charge in [0.1, 0.15) is 0 Å². The Kier molecular flexibility index (Phi) is 30.0. The summed E-state index contributed by atoms with van der Waals surface area (Å²) in [6.45, 7) is 4.29. The molecule has 0 aliphatic rings. The summed E-state index contributed by atoms with van der Waals surface area (Å²) in [5, 5.41) is 22.8. The normalized spacial score (nSPS) is 13.3. The van der Waals surface area contributed by atoms with Gasteiger partial charge >= 0.3 is 0 Å². The van der Waals surface area contributed by atoms with Crippen molar-refractivity contribution in [1.29, 1.82) is 0 Å². The summed E-state index contributed by atoms with van der Waals surface area (Å²) in [4.78, 5) is 12.2. The van der Waals surface area contributed by atoms with E-state index in [0.29, 0.717) is 6.42 Å². The summed E-state index contributed by atoms with van der Waals surface area (Å²) in [7, 11) is 0. The van der Waals surface area contributed by atoms with Crippen LogP contribution in [0.2, 0.25) is 0 Å². The quantitative estimate of drug-likeness (QED) is 0.0631. The molecular formula is C34H67NO3. The molecule has 3 N–H and O–H groups in total. The van der Waals surface area contributed by atoms with Crippen molar-refractivity contribution < 1.29 is 15.0 Å². The molecule has 0 radical (unpaired) electrons. The minimum absolute atomic E-state index is 0.0649. The van der Waals surface area contributed by atoms with Gasteiger partial charge in [0.25, 0.3) is 0 Å². The van der Waals surface area contributed by atoms with Gasteiger partial charge in [0.2, 0.25) is 5.91 Å². The van der Waals surface area contributed by atoms with Crippen LogP contribution in [0.5, 0.6) is 0 Å². The molecule has 226 valence electrons. The van der Waals surface area contributed by atoms with Crippen LogP contribution >= 0.6 is 0 Å². The first kappa shape index (κ1) is 37.1. The van der Waals surface area contributed by atoms with Crippen LogP contribution in [0.15, 0.2) is 12.2 Å². The molecule has 0 aromatic carbocycles. The Morgan fingerprint density at radius 2 is 0.974 bits per heavy atom. The molecule has 0 saturated carbocycles. The van der Waals surface area contributed by atoms with Gasteiger partial charge in [0, 0.05) is 6.42 Å². The van der Waals surface area contributed by atoms with E-state index in [1.165, 1.54) is 135 Å². The number of unbranched alkanes of at least 4 members (excludes halogenated alkanes) is 23. The van der Waals surface area contributed by atoms with E-state index in [9.17, 15) is 15.0 Å². The second-order valence-corrected chi connectivity index (χ2v) is 11.6. The van der Waals surface area contributed by atoms with Gasteiger partial charge in [-0.25, -0.2) is 0 Å². The van der Waals surface area contributed by atoms with Crippen molar-refractivity contribution in [3.8, 4) is 0 Å². The third-order valence-electron chi connectivity index (χ3n) is 7.77. The summed E-state index contributed by atoms with van der Waals surface area (Å²) < 4.78 is 0. The Hall–Kier alpha value is -0.870. The maximum atomic E-state index is 12.2. The van der Waals surface area contributed by atoms with Gasteiger partial charge in [-0.15, -0.1) is 0 Å². The molecule has 0 aliphatic heterocycles. The molecule has 0 fully saturated rings. The molecule has 0 saturated heterocycles. The predicted molar refractivity (Wildman–Crippen MR) is 166 cm³/mol. The molecule has 0 rings (SSSR count). The second kappa shape index (κ2) is 30.7. The predicted octanol–water partition coefficient (Wildman–Crippen LogP) is 9.56. The fourth-order valence-corrected chi connectivity index (χ4v) is 5.12. The number of aliphatic hydroxyl groups excluding tert-OH is 2. The number of carbonyl (C=O) groups excluding carboxylic acids is 1. The average Bonchev–Trinajstić information content (AvgIpc) is 2.92. The zero-order valence-electron chi connectivity index (χ0n) is 25.7. The Bertz CT molecular complexity index is 508. The van der Waals surface area contributed by atoms with Crippen LogP contribution in [0.4, 0.5) is 0 Å². The van der Waals surface area contributed by atoms with E-state index < -0.39 is 12.1 Å². The van der Waals surface area contributed by atoms with Crippen molar-refractivity contribution in [2.24, 2.45) is 0 Å². The van der Waals surface area contributed by atoms with Crippen LogP contribution in [0.25, 0.3) is 0 Å². The molecule has 0 aromatic rings. The molecule has 1 amide bonds. The smallest absolute Gasteiger partial charge is 0.220 e. The van der Waals surface area contributed by atoms with Gasteiger partial charge in [-0.1, -0.05) is 167 Å². The van der Waals surface area contributed by atoms with E-state index in [2.05, 4.69) is 19.2 Å². The number of amides is 1. The largest absolute Gasteiger partial charge is 0.394 e. The zero-order valence-corrected chi connectivity index (χ0v) is 25.7. The minimum atomic E-state index is -0.830. The van der Waals surface area contributed by atoms with E-state index in [0.717, 1.165) is 25.7 Å². The number of hydrogen-bond acceptors (Lipinski definition) is 3. The molecule has 0 bridgehead atoms. The third-order valence-corrected chi connectivity index (χ3v) is 7.77. The van der Waals surface area contributed by atoms with E-state index in [1.807, 2.05) is 6.08 Å². The van der Waals surface area contributed by atoms with Crippen LogP contribution in [0.1, 0.15) is 181 Å². The van der Waals surface area contributed by atoms with Gasteiger partial charge in [-0.3, -0.25) is 4.79 Å². The highest BCUT2D eigenvalue weighted by atomic mass is 16.3. The Labute approximate surface area is 237 Å². The maximum Gasteiger partial charge on any atom is 0.220 e. The molecule has 0 aliphatic carbocycles. The van der Waals surface area contributed by atoms with Crippen LogP contribution in [-0.4, -0.2) is 34.9 Å². The number of nitrogens with one attached hydrogen (secondary N) is 1. The number of allylic oxidation sites excluding steroid dienone is 1. The maximum absolute atomic E-state index is 12.2. The van der Waals surface area contributed by atoms with E-state index in [1.54, 1.807) is 6.08 Å². The fourth-order valence-electron chi connectivity index (χ4n) is 5.12. The number of carbonyl (C=O) groups is 1. The van der Waals surface area contributed by atoms with Crippen LogP contribution in [0, 0.1) is 0 Å². The van der Waals surface area contributed by atoms with E-state index in [4.69, 9.17) is 0 Å². The molecule has 2 atom stereocenters. The molecule has 0 spiro atoms. The van der Waals surface area contributed by atoms with Gasteiger partial charge in [0.05, 0.1) is 18.8 Å². The van der Waals surface area contributed by atoms with Crippen molar-refractivity contribution in [1.82, 2.24) is 5.32 Å². The molecule has 4 nitrogen and oxygen atoms in total. The summed E-state index contributed by atoms with van der Waals surface area (Å²) in [6, 6.07) is -0.613. The van der Waals surface area contributed by atoms with Gasteiger partial charge in [-0.05, 0) is 19.3 Å². The monoisotopic (exact) mass is 538 g/mol. The third kappa shape index (κ3) is 26.7. The second-order valence-electron chi connectivity index (χ2n) is 11.6. The molecule has 0 aromatic heterocycles. The number of rotatable bonds is 30. The van der Waals surface area contributed by atoms with Crippen molar-refractivity contribution >= 4 is 5.91 Å². The van der Waals surface area contributed by atoms with Gasteiger partial charge < -0.3 is 15.5 Å². The summed E-state index contributed by atoms with van der Waals surface area (Å²) in [5.74, 6) is -0.0649. The van der Waals surface area contributed by atoms with E-state index in [-0.39, 0.29) is 12.5 Å². The van der Waals surface area contributed by atoms with Crippen molar-refractivity contribution in [2.45, 2.75) is 193 Å². The Morgan fingerprint density at radius 3 is 1.37 bits per heavy atom. The van der Waals surface area contributed by atoms with Crippen molar-refractivity contribution in [3.05, 3.63) is 12.2 Å². The van der Waals surface area contributed by atoms with Gasteiger partial charge in [0.15, 0.2) is 0 Å². The lowest BCUT2D eigenvalue weighted by Gasteiger charge is -2.20. The SMILES string of the molecule is CCCCCCCCCCCCCC=C[C@H](O)[C@H](CO)NC(=O)CCCCCCCCCCCCCCC. The Morgan fingerprint density at radius 1 is 0.605 bits per heavy atom. The molecule has 0 unspecified atom stereocenters. The fraction of sp³-hybridized carbons (Fsp3) is 0.912. The lowest BCUT2D eigenvalue weighted by molar-refractivity contribution is -0.123. The standard InChI is InChI=1S/C34H67NO3/c1-3-5-7-9-11-13-15-17-19-21-23-25-27-29-33(37)32(31-36)35-34(38)30-28-26-24-22-20-18-16-14-12-10-8-6-4-2/h27,29,32-33,36-37H,3-26,28,30-31H2,1-2H3,(H,35,38)/t32-,33-/m0/s1. The average molecular weight is 538 g/mol. The van der Waals surface area contributed by atoms with Crippen molar-refractivity contribution in [2.75, 3.05) is 6.61 Å². The van der Waals surface area contributed by atoms with Crippen LogP contribution in [0.3, 0.4) is 0 Å². The highest BCUT2D eigenvalue weighted by Gasteiger charge is 2.17. The lowest BCUT2D eigenvalue weighted by atomic mass is 10.0. The highest BCUT2D eigenvalue weighted by Crippen LogP contribution is 2.14. The molecule has 0 heterocycles. The molecular weight excluding hydrogens is 470 g/mol. The summed E-state index contributed by atoms with van der Waals surface area (Å²) in [5.41, 5.74) is 0. The number of aliphatic hydroxyl groups is 2. The van der Waals surface area contributed by atoms with Crippen LogP contribution in [-0.2, 0) is 4.79 Å². The highest BCUT2D eigenvalue weighted by molar-refractivity contribution is 5.76. The number of hydrogen-bond donors (Lipinski definition) is 3. The molecule has 4 heteroatoms. The Balaban J connectivity index is 3.63. The van der Waals surface area contributed by atoms with Crippen molar-refractivity contribution in [3.63, 3.8) is 0 Å². The first-order valence-corrected chi connectivity index (χ1v) is 16.9. The zero-order chi connectivity index (χ0) is 27.9. The van der Waals surface area contributed by atoms with E-state index >= 15 is 0 Å². The first-order valence-electron chi connectivity index (χ1n) is 16.9.